The third-order valence-electron chi connectivity index (χ3n) is 7.99. The van der Waals surface area contributed by atoms with Gasteiger partial charge in [-0.2, -0.15) is 5.26 Å². The summed E-state index contributed by atoms with van der Waals surface area (Å²) in [5, 5.41) is 10.2. The van der Waals surface area contributed by atoms with Crippen LogP contribution in [0.25, 0.3) is 0 Å². The van der Waals surface area contributed by atoms with Crippen molar-refractivity contribution >= 4 is 47.1 Å². The van der Waals surface area contributed by atoms with Crippen molar-refractivity contribution in [1.29, 1.82) is 5.26 Å². The van der Waals surface area contributed by atoms with Gasteiger partial charge in [0.1, 0.15) is 11.9 Å². The molecular weight excluding hydrogens is 538 g/mol. The first-order chi connectivity index (χ1) is 19.8. The molecule has 0 bridgehead atoms. The second kappa shape index (κ2) is 13.2. The highest BCUT2D eigenvalue weighted by Crippen LogP contribution is 2.39. The monoisotopic (exact) mass is 575 g/mol. The molecule has 2 aromatic rings. The maximum atomic E-state index is 13.0. The van der Waals surface area contributed by atoms with E-state index in [1.165, 1.54) is 6.08 Å². The maximum absolute atomic E-state index is 13.0. The second-order valence-electron chi connectivity index (χ2n) is 10.3. The Labute approximate surface area is 247 Å². The third kappa shape index (κ3) is 5.80. The van der Waals surface area contributed by atoms with Gasteiger partial charge >= 0.3 is 0 Å². The molecule has 1 aromatic heterocycles. The molecule has 3 heterocycles. The largest absolute Gasteiger partial charge is 0.350 e. The van der Waals surface area contributed by atoms with Crippen LogP contribution in [0, 0.1) is 11.3 Å². The number of para-hydroxylation sites is 1. The normalized spacial score (nSPS) is 19.2. The molecule has 0 spiro atoms. The minimum absolute atomic E-state index is 0.0574. The smallest absolute Gasteiger partial charge is 0.246 e. The van der Waals surface area contributed by atoms with Crippen molar-refractivity contribution in [3.05, 3.63) is 58.6 Å². The van der Waals surface area contributed by atoms with E-state index in [0.29, 0.717) is 54.2 Å². The molecule has 0 saturated carbocycles. The topological polar surface area (TPSA) is 96.1 Å². The number of nitriles is 1. The van der Waals surface area contributed by atoms with E-state index < -0.39 is 0 Å². The average Bonchev–Trinajstić information content (AvgIpc) is 3.47. The van der Waals surface area contributed by atoms with E-state index in [0.717, 1.165) is 48.9 Å². The molecule has 2 aliphatic rings. The van der Waals surface area contributed by atoms with Crippen LogP contribution in [0.15, 0.2) is 41.9 Å². The van der Waals surface area contributed by atoms with Gasteiger partial charge in [-0.1, -0.05) is 50.2 Å². The molecule has 2 saturated heterocycles. The number of piperazine rings is 1. The first-order valence-corrected chi connectivity index (χ1v) is 14.6. The Morgan fingerprint density at radius 1 is 1.27 bits per heavy atom. The summed E-state index contributed by atoms with van der Waals surface area (Å²) in [4.78, 5) is 42.5. The molecule has 2 unspecified atom stereocenters. The van der Waals surface area contributed by atoms with E-state index in [4.69, 9.17) is 16.6 Å². The van der Waals surface area contributed by atoms with Crippen molar-refractivity contribution in [3.8, 4) is 6.07 Å². The molecule has 9 nitrogen and oxygen atoms in total. The summed E-state index contributed by atoms with van der Waals surface area (Å²) < 4.78 is 0. The fraction of sp³-hybridized carbons (Fsp3) is 0.452. The zero-order chi connectivity index (χ0) is 29.7. The molecule has 41 heavy (non-hydrogen) atoms. The van der Waals surface area contributed by atoms with Crippen LogP contribution in [-0.4, -0.2) is 78.2 Å². The van der Waals surface area contributed by atoms with Gasteiger partial charge in [-0.15, -0.1) is 0 Å². The number of aromatic nitrogens is 1. The number of hydrogen-bond acceptors (Lipinski definition) is 6. The van der Waals surface area contributed by atoms with Crippen LogP contribution in [0.5, 0.6) is 0 Å². The van der Waals surface area contributed by atoms with Gasteiger partial charge in [0.2, 0.25) is 12.3 Å². The Balaban J connectivity index is 1.91. The van der Waals surface area contributed by atoms with Gasteiger partial charge in [-0.25, -0.2) is 4.98 Å². The molecule has 10 heteroatoms. The van der Waals surface area contributed by atoms with Crippen molar-refractivity contribution in [3.63, 3.8) is 0 Å². The van der Waals surface area contributed by atoms with Gasteiger partial charge < -0.3 is 14.7 Å². The van der Waals surface area contributed by atoms with E-state index >= 15 is 0 Å². The van der Waals surface area contributed by atoms with Crippen LogP contribution in [0.2, 0.25) is 5.02 Å². The highest BCUT2D eigenvalue weighted by molar-refractivity contribution is 6.33. The highest BCUT2D eigenvalue weighted by Gasteiger charge is 2.34. The molecule has 2 amide bonds. The summed E-state index contributed by atoms with van der Waals surface area (Å²) in [5.41, 5.74) is 3.47. The van der Waals surface area contributed by atoms with E-state index in [1.807, 2.05) is 36.1 Å². The van der Waals surface area contributed by atoms with Crippen LogP contribution >= 0.6 is 11.6 Å². The lowest BCUT2D eigenvalue weighted by Crippen LogP contribution is -2.55. The SMILES string of the molecule is C=CC(=O)N1CCN(C(=NC)c2cc(Cl)c(N3CCCC3C#N)nc2N(C=O)c2c(CC)cccc2CC)C(C)C1. The highest BCUT2D eigenvalue weighted by atomic mass is 35.5. The van der Waals surface area contributed by atoms with Crippen LogP contribution in [0.3, 0.4) is 0 Å². The fourth-order valence-corrected chi connectivity index (χ4v) is 6.17. The van der Waals surface area contributed by atoms with Gasteiger partial charge in [0, 0.05) is 39.3 Å². The lowest BCUT2D eigenvalue weighted by atomic mass is 10.0. The quantitative estimate of drug-likeness (QED) is 0.195. The van der Waals surface area contributed by atoms with E-state index in [-0.39, 0.29) is 18.0 Å². The summed E-state index contributed by atoms with van der Waals surface area (Å²) in [5.74, 6) is 1.43. The Morgan fingerprint density at radius 3 is 2.54 bits per heavy atom. The number of anilines is 3. The molecule has 2 aliphatic heterocycles. The standard InChI is InChI=1S/C31H38ClN7O2/c1-6-22-11-9-12-23(7-2)28(22)39(20-40)30-25(17-26(32)31(35-30)38-14-10-13-24(38)18-33)29(34-5)37-16-15-36(19-21(37)4)27(41)8-3/h8-9,11-12,17,20-21,24H,3,6-7,10,13-16,19H2,1-2,4-5H3. The minimum atomic E-state index is -0.340. The zero-order valence-corrected chi connectivity index (χ0v) is 25.1. The lowest BCUT2D eigenvalue weighted by molar-refractivity contribution is -0.128. The Kier molecular flexibility index (Phi) is 9.66. The number of pyridine rings is 1. The Morgan fingerprint density at radius 2 is 1.98 bits per heavy atom. The number of carbonyl (C=O) groups excluding carboxylic acids is 2. The number of amides is 2. The summed E-state index contributed by atoms with van der Waals surface area (Å²) in [6.45, 7) is 12.0. The van der Waals surface area contributed by atoms with Gasteiger partial charge in [0.05, 0.1) is 22.3 Å². The van der Waals surface area contributed by atoms with Crippen molar-refractivity contribution in [2.24, 2.45) is 4.99 Å². The molecule has 2 atom stereocenters. The van der Waals surface area contributed by atoms with Crippen LogP contribution in [0.4, 0.5) is 17.3 Å². The molecular formula is C31H38ClN7O2. The van der Waals surface area contributed by atoms with Crippen molar-refractivity contribution in [2.75, 3.05) is 43.0 Å². The maximum Gasteiger partial charge on any atom is 0.246 e. The molecule has 2 fully saturated rings. The van der Waals surface area contributed by atoms with Gasteiger partial charge in [-0.3, -0.25) is 19.5 Å². The molecule has 0 aliphatic carbocycles. The summed E-state index contributed by atoms with van der Waals surface area (Å²) >= 11 is 6.92. The van der Waals surface area contributed by atoms with Crippen molar-refractivity contribution in [1.82, 2.24) is 14.8 Å². The zero-order valence-electron chi connectivity index (χ0n) is 24.3. The molecule has 0 radical (unpaired) electrons. The Bertz CT molecular complexity index is 1360. The van der Waals surface area contributed by atoms with Gasteiger partial charge in [-0.05, 0) is 55.9 Å². The number of hydrogen-bond donors (Lipinski definition) is 0. The molecule has 216 valence electrons. The van der Waals surface area contributed by atoms with Crippen LogP contribution in [0.1, 0.15) is 50.3 Å². The number of carbonyl (C=O) groups is 2. The molecule has 0 N–H and O–H groups in total. The average molecular weight is 576 g/mol. The molecule has 1 aromatic carbocycles. The minimum Gasteiger partial charge on any atom is -0.350 e. The third-order valence-corrected chi connectivity index (χ3v) is 8.27. The number of aryl methyl sites for hydroxylation is 2. The summed E-state index contributed by atoms with van der Waals surface area (Å²) in [6.07, 6.45) is 5.20. The number of amidine groups is 1. The first kappa shape index (κ1) is 30.1. The van der Waals surface area contributed by atoms with E-state index in [9.17, 15) is 14.9 Å². The summed E-state index contributed by atoms with van der Waals surface area (Å²) in [7, 11) is 1.71. The van der Waals surface area contributed by atoms with Gasteiger partial charge in [0.15, 0.2) is 11.6 Å². The predicted molar refractivity (Wildman–Crippen MR) is 164 cm³/mol. The van der Waals surface area contributed by atoms with E-state index in [2.05, 4.69) is 36.4 Å². The van der Waals surface area contributed by atoms with Crippen molar-refractivity contribution < 1.29 is 9.59 Å². The number of rotatable bonds is 8. The van der Waals surface area contributed by atoms with E-state index in [1.54, 1.807) is 16.8 Å². The second-order valence-corrected chi connectivity index (χ2v) is 10.7. The lowest BCUT2D eigenvalue weighted by Gasteiger charge is -2.41. The van der Waals surface area contributed by atoms with Gasteiger partial charge in [0.25, 0.3) is 0 Å². The number of aliphatic imine (C=N–C) groups is 1. The van der Waals surface area contributed by atoms with Crippen LogP contribution in [-0.2, 0) is 22.4 Å². The predicted octanol–water partition coefficient (Wildman–Crippen LogP) is 4.74. The van der Waals surface area contributed by atoms with Crippen LogP contribution < -0.4 is 9.80 Å². The number of halogens is 1. The molecule has 4 rings (SSSR count). The summed E-state index contributed by atoms with van der Waals surface area (Å²) in [6, 6.07) is 9.86. The first-order valence-electron chi connectivity index (χ1n) is 14.2. The fourth-order valence-electron chi connectivity index (χ4n) is 5.91. The van der Waals surface area contributed by atoms with Crippen molar-refractivity contribution in [2.45, 2.75) is 58.5 Å². The number of nitrogens with zero attached hydrogens (tertiary/aromatic N) is 7. The Hall–Kier alpha value is -3.90. The number of benzene rings is 1.